The fraction of sp³-hybridized carbons (Fsp3) is 0.385. The zero-order valence-corrected chi connectivity index (χ0v) is 10.0. The lowest BCUT2D eigenvalue weighted by molar-refractivity contribution is -0.162. The fourth-order valence-electron chi connectivity index (χ4n) is 1.68. The molecule has 0 bridgehead atoms. The average molecular weight is 249 g/mol. The van der Waals surface area contributed by atoms with Crippen LogP contribution in [0.3, 0.4) is 0 Å². The molecule has 0 aliphatic carbocycles. The van der Waals surface area contributed by atoms with Gasteiger partial charge in [0.2, 0.25) is 0 Å². The Hall–Kier alpha value is -1.88. The molecule has 0 spiro atoms. The van der Waals surface area contributed by atoms with E-state index in [-0.39, 0.29) is 6.61 Å². The van der Waals surface area contributed by atoms with Crippen LogP contribution in [0.2, 0.25) is 0 Å². The lowest BCUT2D eigenvalue weighted by Crippen LogP contribution is -2.44. The van der Waals surface area contributed by atoms with E-state index >= 15 is 0 Å². The Morgan fingerprint density at radius 1 is 1.17 bits per heavy atom. The summed E-state index contributed by atoms with van der Waals surface area (Å²) in [5.41, 5.74) is 0.862. The van der Waals surface area contributed by atoms with Gasteiger partial charge in [0.1, 0.15) is 6.61 Å². The number of hydrogen-bond acceptors (Lipinski definition) is 4. The highest BCUT2D eigenvalue weighted by Gasteiger charge is 2.24. The lowest BCUT2D eigenvalue weighted by atomic mass is 10.2. The number of morpholine rings is 1. The summed E-state index contributed by atoms with van der Waals surface area (Å²) in [5, 5.41) is 0. The van der Waals surface area contributed by atoms with Gasteiger partial charge in [-0.05, 0) is 5.56 Å². The van der Waals surface area contributed by atoms with Gasteiger partial charge in [0.05, 0.1) is 13.2 Å². The van der Waals surface area contributed by atoms with E-state index in [4.69, 9.17) is 9.47 Å². The van der Waals surface area contributed by atoms with E-state index in [1.807, 2.05) is 30.3 Å². The Morgan fingerprint density at radius 2 is 1.83 bits per heavy atom. The summed E-state index contributed by atoms with van der Waals surface area (Å²) in [6.07, 6.45) is 0. The molecule has 5 nitrogen and oxygen atoms in total. The van der Waals surface area contributed by atoms with Crippen LogP contribution in [0, 0.1) is 0 Å². The van der Waals surface area contributed by atoms with Gasteiger partial charge in [0.15, 0.2) is 0 Å². The maximum atomic E-state index is 11.7. The van der Waals surface area contributed by atoms with Crippen molar-refractivity contribution in [1.29, 1.82) is 0 Å². The van der Waals surface area contributed by atoms with Crippen LogP contribution in [-0.4, -0.2) is 43.1 Å². The van der Waals surface area contributed by atoms with Gasteiger partial charge in [0, 0.05) is 13.1 Å². The first kappa shape index (κ1) is 12.6. The maximum Gasteiger partial charge on any atom is 0.397 e. The van der Waals surface area contributed by atoms with Gasteiger partial charge in [0.25, 0.3) is 0 Å². The third-order valence-corrected chi connectivity index (χ3v) is 2.69. The highest BCUT2D eigenvalue weighted by Crippen LogP contribution is 2.03. The molecule has 1 heterocycles. The molecule has 1 aromatic carbocycles. The molecule has 0 unspecified atom stereocenters. The van der Waals surface area contributed by atoms with E-state index < -0.39 is 11.9 Å². The van der Waals surface area contributed by atoms with E-state index in [2.05, 4.69) is 0 Å². The van der Waals surface area contributed by atoms with Crippen molar-refractivity contribution in [2.45, 2.75) is 6.61 Å². The quantitative estimate of drug-likeness (QED) is 0.568. The van der Waals surface area contributed by atoms with Crippen molar-refractivity contribution in [2.24, 2.45) is 0 Å². The molecular weight excluding hydrogens is 234 g/mol. The van der Waals surface area contributed by atoms with Crippen molar-refractivity contribution in [3.8, 4) is 0 Å². The van der Waals surface area contributed by atoms with Crippen LogP contribution >= 0.6 is 0 Å². The number of amides is 1. The molecule has 1 aliphatic rings. The molecule has 1 saturated heterocycles. The minimum absolute atomic E-state index is 0.121. The molecule has 1 aromatic rings. The molecule has 0 radical (unpaired) electrons. The summed E-state index contributed by atoms with van der Waals surface area (Å²) in [7, 11) is 0. The van der Waals surface area contributed by atoms with Crippen LogP contribution in [0.4, 0.5) is 0 Å². The van der Waals surface area contributed by atoms with Gasteiger partial charge < -0.3 is 14.4 Å². The van der Waals surface area contributed by atoms with Crippen LogP contribution in [0.1, 0.15) is 5.56 Å². The summed E-state index contributed by atoms with van der Waals surface area (Å²) in [6.45, 7) is 1.95. The third-order valence-electron chi connectivity index (χ3n) is 2.69. The molecular formula is C13H15NO4. The van der Waals surface area contributed by atoms with Gasteiger partial charge in [-0.15, -0.1) is 0 Å². The number of esters is 1. The number of nitrogens with zero attached hydrogens (tertiary/aromatic N) is 1. The number of benzene rings is 1. The molecule has 0 N–H and O–H groups in total. The van der Waals surface area contributed by atoms with Crippen LogP contribution in [0.25, 0.3) is 0 Å². The molecule has 1 fully saturated rings. The topological polar surface area (TPSA) is 55.8 Å². The Morgan fingerprint density at radius 3 is 2.50 bits per heavy atom. The Labute approximate surface area is 105 Å². The smallest absolute Gasteiger partial charge is 0.397 e. The summed E-state index contributed by atoms with van der Waals surface area (Å²) >= 11 is 0. The number of rotatable bonds is 2. The van der Waals surface area contributed by atoms with E-state index in [9.17, 15) is 9.59 Å². The molecule has 1 aliphatic heterocycles. The zero-order valence-electron chi connectivity index (χ0n) is 10.0. The highest BCUT2D eigenvalue weighted by atomic mass is 16.5. The number of hydrogen-bond donors (Lipinski definition) is 0. The molecule has 96 valence electrons. The first-order valence-corrected chi connectivity index (χ1v) is 5.85. The largest absolute Gasteiger partial charge is 0.454 e. The van der Waals surface area contributed by atoms with E-state index in [1.54, 1.807) is 0 Å². The van der Waals surface area contributed by atoms with Crippen molar-refractivity contribution in [2.75, 3.05) is 26.3 Å². The highest BCUT2D eigenvalue weighted by molar-refractivity contribution is 6.32. The molecule has 0 aromatic heterocycles. The van der Waals surface area contributed by atoms with Gasteiger partial charge in [-0.1, -0.05) is 30.3 Å². The lowest BCUT2D eigenvalue weighted by Gasteiger charge is -2.25. The monoisotopic (exact) mass is 249 g/mol. The standard InChI is InChI=1S/C13H15NO4/c15-12(14-6-8-17-9-7-14)13(16)18-10-11-4-2-1-3-5-11/h1-5H,6-10H2. The van der Waals surface area contributed by atoms with Gasteiger partial charge in [-0.25, -0.2) is 4.79 Å². The summed E-state index contributed by atoms with van der Waals surface area (Å²) in [6, 6.07) is 9.27. The number of carbonyl (C=O) groups is 2. The van der Waals surface area contributed by atoms with Crippen molar-refractivity contribution in [1.82, 2.24) is 4.90 Å². The van der Waals surface area contributed by atoms with Gasteiger partial charge in [-0.3, -0.25) is 4.79 Å². The number of ether oxygens (including phenoxy) is 2. The van der Waals surface area contributed by atoms with E-state index in [1.165, 1.54) is 4.90 Å². The Kier molecular flexibility index (Phi) is 4.30. The first-order valence-electron chi connectivity index (χ1n) is 5.85. The van der Waals surface area contributed by atoms with E-state index in [0.29, 0.717) is 26.3 Å². The van der Waals surface area contributed by atoms with Gasteiger partial charge >= 0.3 is 11.9 Å². The predicted molar refractivity (Wildman–Crippen MR) is 63.6 cm³/mol. The second kappa shape index (κ2) is 6.16. The molecule has 0 atom stereocenters. The maximum absolute atomic E-state index is 11.7. The average Bonchev–Trinajstić information content (AvgIpc) is 2.46. The van der Waals surface area contributed by atoms with Gasteiger partial charge in [-0.2, -0.15) is 0 Å². The molecule has 2 rings (SSSR count). The second-order valence-electron chi connectivity index (χ2n) is 3.97. The Balaban J connectivity index is 1.82. The molecule has 18 heavy (non-hydrogen) atoms. The van der Waals surface area contributed by atoms with Crippen LogP contribution < -0.4 is 0 Å². The van der Waals surface area contributed by atoms with Crippen molar-refractivity contribution >= 4 is 11.9 Å². The summed E-state index contributed by atoms with van der Waals surface area (Å²) < 4.78 is 10.1. The SMILES string of the molecule is O=C(OCc1ccccc1)C(=O)N1CCOCC1. The third kappa shape index (κ3) is 3.30. The van der Waals surface area contributed by atoms with Crippen LogP contribution in [0.15, 0.2) is 30.3 Å². The zero-order chi connectivity index (χ0) is 12.8. The summed E-state index contributed by atoms with van der Waals surface area (Å²) in [4.78, 5) is 24.7. The predicted octanol–water partition coefficient (Wildman–Crippen LogP) is 0.589. The first-order chi connectivity index (χ1) is 8.77. The second-order valence-corrected chi connectivity index (χ2v) is 3.97. The van der Waals surface area contributed by atoms with Crippen molar-refractivity contribution in [3.63, 3.8) is 0 Å². The normalized spacial score (nSPS) is 15.2. The van der Waals surface area contributed by atoms with Crippen LogP contribution in [0.5, 0.6) is 0 Å². The minimum Gasteiger partial charge on any atom is -0.454 e. The molecule has 1 amide bonds. The van der Waals surface area contributed by atoms with Crippen LogP contribution in [-0.2, 0) is 25.7 Å². The fourth-order valence-corrected chi connectivity index (χ4v) is 1.68. The van der Waals surface area contributed by atoms with Crippen molar-refractivity contribution in [3.05, 3.63) is 35.9 Å². The van der Waals surface area contributed by atoms with Crippen molar-refractivity contribution < 1.29 is 19.1 Å². The molecule has 0 saturated carbocycles. The molecule has 5 heteroatoms. The minimum atomic E-state index is -0.805. The Bertz CT molecular complexity index is 412. The number of carbonyl (C=O) groups excluding carboxylic acids is 2. The summed E-state index contributed by atoms with van der Waals surface area (Å²) in [5.74, 6) is -1.39. The van der Waals surface area contributed by atoms with E-state index in [0.717, 1.165) is 5.56 Å².